The van der Waals surface area contributed by atoms with Crippen LogP contribution in [0.25, 0.3) is 0 Å². The third-order valence-electron chi connectivity index (χ3n) is 4.49. The molecule has 5 heteroatoms. The van der Waals surface area contributed by atoms with Crippen molar-refractivity contribution in [2.75, 3.05) is 26.2 Å². The molecule has 1 aliphatic rings. The van der Waals surface area contributed by atoms with E-state index in [-0.39, 0.29) is 11.9 Å². The van der Waals surface area contributed by atoms with Crippen molar-refractivity contribution in [3.05, 3.63) is 53.1 Å². The number of H-pyrrole nitrogens is 1. The Hall–Kier alpha value is -2.14. The minimum absolute atomic E-state index is 0.115. The van der Waals surface area contributed by atoms with Crippen LogP contribution in [-0.2, 0) is 0 Å². The number of carbonyl (C=O) groups excluding carboxylic acids is 1. The van der Waals surface area contributed by atoms with E-state index in [1.54, 1.807) is 6.20 Å². The van der Waals surface area contributed by atoms with Crippen molar-refractivity contribution in [2.24, 2.45) is 0 Å². The molecule has 0 radical (unpaired) electrons. The van der Waals surface area contributed by atoms with Crippen molar-refractivity contribution < 1.29 is 4.79 Å². The Balaban J connectivity index is 1.82. The van der Waals surface area contributed by atoms with E-state index in [9.17, 15) is 4.79 Å². The Morgan fingerprint density at radius 1 is 1.26 bits per heavy atom. The second-order valence-electron chi connectivity index (χ2n) is 6.25. The van der Waals surface area contributed by atoms with Crippen molar-refractivity contribution >= 4 is 5.91 Å². The van der Waals surface area contributed by atoms with Crippen LogP contribution in [0.4, 0.5) is 0 Å². The van der Waals surface area contributed by atoms with E-state index in [0.29, 0.717) is 6.54 Å². The number of hydrogen-bond donors (Lipinski definition) is 1. The molecule has 1 aromatic carbocycles. The van der Waals surface area contributed by atoms with Crippen LogP contribution in [0.3, 0.4) is 0 Å². The number of aromatic amines is 1. The summed E-state index contributed by atoms with van der Waals surface area (Å²) in [5.74, 6) is 1.05. The van der Waals surface area contributed by atoms with Crippen LogP contribution in [0.15, 0.2) is 30.6 Å². The Kier molecular flexibility index (Phi) is 4.48. The van der Waals surface area contributed by atoms with Gasteiger partial charge in [0, 0.05) is 37.6 Å². The molecule has 0 spiro atoms. The molecule has 1 aliphatic heterocycles. The fourth-order valence-corrected chi connectivity index (χ4v) is 3.38. The van der Waals surface area contributed by atoms with Crippen LogP contribution in [0.5, 0.6) is 0 Å². The van der Waals surface area contributed by atoms with Gasteiger partial charge in [0.05, 0.1) is 6.04 Å². The van der Waals surface area contributed by atoms with Gasteiger partial charge in [-0.1, -0.05) is 24.1 Å². The molecule has 3 rings (SSSR count). The molecule has 1 atom stereocenters. The maximum Gasteiger partial charge on any atom is 0.253 e. The average molecular weight is 312 g/mol. The van der Waals surface area contributed by atoms with Gasteiger partial charge in [-0.15, -0.1) is 0 Å². The molecular formula is C18H24N4O. The molecule has 0 aliphatic carbocycles. The Labute approximate surface area is 137 Å². The summed E-state index contributed by atoms with van der Waals surface area (Å²) in [6.45, 7) is 9.48. The quantitative estimate of drug-likeness (QED) is 0.947. The second-order valence-corrected chi connectivity index (χ2v) is 6.25. The molecule has 0 bridgehead atoms. The highest BCUT2D eigenvalue weighted by Gasteiger charge is 2.31. The standard InChI is InChI=1S/C18H24N4O/c1-4-21-7-8-22(12-16(21)17-19-5-6-20-17)18(23)15-10-13(2)9-14(3)11-15/h5-6,9-11,16H,4,7-8,12H2,1-3H3,(H,19,20). The zero-order valence-corrected chi connectivity index (χ0v) is 14.0. The first kappa shape index (κ1) is 15.7. The highest BCUT2D eigenvalue weighted by atomic mass is 16.2. The normalized spacial score (nSPS) is 19.1. The van der Waals surface area contributed by atoms with E-state index in [1.165, 1.54) is 0 Å². The zero-order chi connectivity index (χ0) is 16.4. The third-order valence-corrected chi connectivity index (χ3v) is 4.49. The van der Waals surface area contributed by atoms with Crippen molar-refractivity contribution in [1.82, 2.24) is 19.8 Å². The molecule has 1 amide bonds. The van der Waals surface area contributed by atoms with Crippen molar-refractivity contribution in [3.63, 3.8) is 0 Å². The lowest BCUT2D eigenvalue weighted by Gasteiger charge is -2.40. The lowest BCUT2D eigenvalue weighted by Crippen LogP contribution is -2.50. The van der Waals surface area contributed by atoms with Gasteiger partial charge in [0.15, 0.2) is 0 Å². The Morgan fingerprint density at radius 3 is 2.61 bits per heavy atom. The number of aryl methyl sites for hydroxylation is 2. The van der Waals surface area contributed by atoms with Gasteiger partial charge in [0.1, 0.15) is 5.82 Å². The Morgan fingerprint density at radius 2 is 2.00 bits per heavy atom. The number of carbonyl (C=O) groups is 1. The molecule has 122 valence electrons. The fraction of sp³-hybridized carbons (Fsp3) is 0.444. The van der Waals surface area contributed by atoms with Crippen LogP contribution in [0.2, 0.25) is 0 Å². The predicted octanol–water partition coefficient (Wildman–Crippen LogP) is 2.55. The molecule has 2 heterocycles. The molecule has 1 unspecified atom stereocenters. The van der Waals surface area contributed by atoms with E-state index < -0.39 is 0 Å². The summed E-state index contributed by atoms with van der Waals surface area (Å²) in [7, 11) is 0. The first-order chi connectivity index (χ1) is 11.1. The summed E-state index contributed by atoms with van der Waals surface area (Å²) in [4.78, 5) is 24.8. The van der Waals surface area contributed by atoms with Gasteiger partial charge in [0.2, 0.25) is 0 Å². The maximum atomic E-state index is 12.9. The SMILES string of the molecule is CCN1CCN(C(=O)c2cc(C)cc(C)c2)CC1c1ncc[nH]1. The van der Waals surface area contributed by atoms with Crippen molar-refractivity contribution in [2.45, 2.75) is 26.8 Å². The smallest absolute Gasteiger partial charge is 0.253 e. The lowest BCUT2D eigenvalue weighted by molar-refractivity contribution is 0.0479. The van der Waals surface area contributed by atoms with E-state index in [0.717, 1.165) is 42.1 Å². The number of likely N-dealkylation sites (N-methyl/N-ethyl adjacent to an activating group) is 1. The molecule has 23 heavy (non-hydrogen) atoms. The number of benzene rings is 1. The van der Waals surface area contributed by atoms with E-state index in [1.807, 2.05) is 37.1 Å². The minimum atomic E-state index is 0.115. The van der Waals surface area contributed by atoms with E-state index in [4.69, 9.17) is 0 Å². The minimum Gasteiger partial charge on any atom is -0.347 e. The highest BCUT2D eigenvalue weighted by molar-refractivity contribution is 5.94. The van der Waals surface area contributed by atoms with Crippen LogP contribution >= 0.6 is 0 Å². The molecule has 1 N–H and O–H groups in total. The molecule has 1 fully saturated rings. The van der Waals surface area contributed by atoms with Gasteiger partial charge >= 0.3 is 0 Å². The van der Waals surface area contributed by atoms with Crippen molar-refractivity contribution in [1.29, 1.82) is 0 Å². The van der Waals surface area contributed by atoms with Gasteiger partial charge in [0.25, 0.3) is 5.91 Å². The molecule has 1 aromatic heterocycles. The number of nitrogens with one attached hydrogen (secondary N) is 1. The Bertz CT molecular complexity index is 660. The zero-order valence-electron chi connectivity index (χ0n) is 14.0. The molecular weight excluding hydrogens is 288 g/mol. The second kappa shape index (κ2) is 6.54. The molecule has 5 nitrogen and oxygen atoms in total. The number of nitrogens with zero attached hydrogens (tertiary/aromatic N) is 3. The molecule has 1 saturated heterocycles. The monoisotopic (exact) mass is 312 g/mol. The summed E-state index contributed by atoms with van der Waals surface area (Å²) in [5, 5.41) is 0. The number of rotatable bonds is 3. The first-order valence-electron chi connectivity index (χ1n) is 8.19. The predicted molar refractivity (Wildman–Crippen MR) is 90.4 cm³/mol. The van der Waals surface area contributed by atoms with Crippen LogP contribution < -0.4 is 0 Å². The van der Waals surface area contributed by atoms with Crippen LogP contribution in [0, 0.1) is 13.8 Å². The topological polar surface area (TPSA) is 52.2 Å². The van der Waals surface area contributed by atoms with Crippen LogP contribution in [0.1, 0.15) is 40.3 Å². The largest absolute Gasteiger partial charge is 0.347 e. The van der Waals surface area contributed by atoms with Crippen molar-refractivity contribution in [3.8, 4) is 0 Å². The van der Waals surface area contributed by atoms with Gasteiger partial charge in [-0.25, -0.2) is 4.98 Å². The fourth-order valence-electron chi connectivity index (χ4n) is 3.38. The summed E-state index contributed by atoms with van der Waals surface area (Å²) in [5.41, 5.74) is 3.04. The first-order valence-corrected chi connectivity index (χ1v) is 8.19. The number of piperazine rings is 1. The maximum absolute atomic E-state index is 12.9. The van der Waals surface area contributed by atoms with E-state index >= 15 is 0 Å². The average Bonchev–Trinajstić information content (AvgIpc) is 3.07. The summed E-state index contributed by atoms with van der Waals surface area (Å²) in [6, 6.07) is 6.18. The number of amides is 1. The van der Waals surface area contributed by atoms with Gasteiger partial charge in [-0.3, -0.25) is 9.69 Å². The number of aromatic nitrogens is 2. The van der Waals surface area contributed by atoms with Gasteiger partial charge < -0.3 is 9.88 Å². The highest BCUT2D eigenvalue weighted by Crippen LogP contribution is 2.24. The number of imidazole rings is 1. The molecule has 2 aromatic rings. The summed E-state index contributed by atoms with van der Waals surface area (Å²) < 4.78 is 0. The van der Waals surface area contributed by atoms with Crippen LogP contribution in [-0.4, -0.2) is 51.9 Å². The van der Waals surface area contributed by atoms with E-state index in [2.05, 4.69) is 27.9 Å². The summed E-state index contributed by atoms with van der Waals surface area (Å²) >= 11 is 0. The van der Waals surface area contributed by atoms with Gasteiger partial charge in [-0.05, 0) is 32.5 Å². The summed E-state index contributed by atoms with van der Waals surface area (Å²) in [6.07, 6.45) is 3.61. The lowest BCUT2D eigenvalue weighted by atomic mass is 10.0. The van der Waals surface area contributed by atoms with Gasteiger partial charge in [-0.2, -0.15) is 0 Å². The third kappa shape index (κ3) is 3.29. The number of hydrogen-bond acceptors (Lipinski definition) is 3. The molecule has 0 saturated carbocycles.